The summed E-state index contributed by atoms with van der Waals surface area (Å²) < 4.78 is 10.2. The minimum Gasteiger partial charge on any atom is -0.504 e. The minimum atomic E-state index is -0.507. The molecule has 8 heteroatoms. The van der Waals surface area contributed by atoms with Crippen LogP contribution >= 0.6 is 0 Å². The molecule has 0 saturated carbocycles. The third-order valence-corrected chi connectivity index (χ3v) is 4.75. The van der Waals surface area contributed by atoms with Crippen LogP contribution in [0.15, 0.2) is 30.6 Å². The fourth-order valence-electron chi connectivity index (χ4n) is 3.32. The van der Waals surface area contributed by atoms with Gasteiger partial charge in [0.05, 0.1) is 26.1 Å². The SMILES string of the molecule is CCOc1cc(CN(c2cnc(C(=O)OC)cn2)C2CCNCC2)ccc1O. The molecule has 2 aromatic rings. The Morgan fingerprint density at radius 3 is 2.71 bits per heavy atom. The average molecular weight is 386 g/mol. The maximum Gasteiger partial charge on any atom is 0.358 e. The van der Waals surface area contributed by atoms with Crippen LogP contribution in [-0.2, 0) is 11.3 Å². The normalized spacial score (nSPS) is 14.5. The van der Waals surface area contributed by atoms with E-state index in [9.17, 15) is 9.90 Å². The van der Waals surface area contributed by atoms with Gasteiger partial charge in [-0.1, -0.05) is 6.07 Å². The van der Waals surface area contributed by atoms with Gasteiger partial charge in [0.2, 0.25) is 0 Å². The molecule has 3 rings (SSSR count). The molecule has 0 atom stereocenters. The van der Waals surface area contributed by atoms with Crippen LogP contribution in [0, 0.1) is 0 Å². The summed E-state index contributed by atoms with van der Waals surface area (Å²) in [6, 6.07) is 5.67. The maximum atomic E-state index is 11.6. The Hall–Kier alpha value is -2.87. The van der Waals surface area contributed by atoms with Gasteiger partial charge < -0.3 is 24.8 Å². The number of aromatic nitrogens is 2. The van der Waals surface area contributed by atoms with Crippen LogP contribution in [0.3, 0.4) is 0 Å². The highest BCUT2D eigenvalue weighted by molar-refractivity contribution is 5.86. The van der Waals surface area contributed by atoms with Crippen LogP contribution in [0.4, 0.5) is 5.82 Å². The third-order valence-electron chi connectivity index (χ3n) is 4.75. The van der Waals surface area contributed by atoms with E-state index >= 15 is 0 Å². The van der Waals surface area contributed by atoms with Gasteiger partial charge in [-0.2, -0.15) is 0 Å². The number of aromatic hydroxyl groups is 1. The van der Waals surface area contributed by atoms with Crippen molar-refractivity contribution in [2.75, 3.05) is 31.7 Å². The highest BCUT2D eigenvalue weighted by Gasteiger charge is 2.23. The van der Waals surface area contributed by atoms with Crippen molar-refractivity contribution in [1.29, 1.82) is 0 Å². The summed E-state index contributed by atoms with van der Waals surface area (Å²) in [6.07, 6.45) is 5.02. The average Bonchev–Trinajstić information content (AvgIpc) is 2.74. The Morgan fingerprint density at radius 1 is 1.29 bits per heavy atom. The summed E-state index contributed by atoms with van der Waals surface area (Å²) >= 11 is 0. The van der Waals surface area contributed by atoms with E-state index in [4.69, 9.17) is 9.47 Å². The van der Waals surface area contributed by atoms with Gasteiger partial charge in [-0.25, -0.2) is 14.8 Å². The molecular weight excluding hydrogens is 360 g/mol. The highest BCUT2D eigenvalue weighted by atomic mass is 16.5. The van der Waals surface area contributed by atoms with Crippen molar-refractivity contribution in [3.8, 4) is 11.5 Å². The zero-order valence-electron chi connectivity index (χ0n) is 16.2. The van der Waals surface area contributed by atoms with E-state index in [0.717, 1.165) is 31.5 Å². The predicted molar refractivity (Wildman–Crippen MR) is 105 cm³/mol. The fraction of sp³-hybridized carbons (Fsp3) is 0.450. The number of benzene rings is 1. The van der Waals surface area contributed by atoms with Crippen molar-refractivity contribution >= 4 is 11.8 Å². The number of rotatable bonds is 7. The summed E-state index contributed by atoms with van der Waals surface area (Å²) in [4.78, 5) is 22.5. The summed E-state index contributed by atoms with van der Waals surface area (Å²) in [5, 5.41) is 13.3. The number of hydrogen-bond donors (Lipinski definition) is 2. The fourth-order valence-corrected chi connectivity index (χ4v) is 3.32. The molecule has 28 heavy (non-hydrogen) atoms. The lowest BCUT2D eigenvalue weighted by atomic mass is 10.0. The van der Waals surface area contributed by atoms with E-state index < -0.39 is 5.97 Å². The van der Waals surface area contributed by atoms with Crippen LogP contribution in [0.2, 0.25) is 0 Å². The van der Waals surface area contributed by atoms with Crippen molar-refractivity contribution in [3.05, 3.63) is 41.9 Å². The zero-order valence-corrected chi connectivity index (χ0v) is 16.2. The first kappa shape index (κ1) is 19.9. The minimum absolute atomic E-state index is 0.126. The lowest BCUT2D eigenvalue weighted by Crippen LogP contribution is -2.43. The lowest BCUT2D eigenvalue weighted by molar-refractivity contribution is 0.0593. The number of carbonyl (C=O) groups is 1. The number of nitrogens with zero attached hydrogens (tertiary/aromatic N) is 3. The van der Waals surface area contributed by atoms with Crippen LogP contribution in [0.1, 0.15) is 35.8 Å². The van der Waals surface area contributed by atoms with Crippen molar-refractivity contribution < 1.29 is 19.4 Å². The van der Waals surface area contributed by atoms with Crippen molar-refractivity contribution in [3.63, 3.8) is 0 Å². The van der Waals surface area contributed by atoms with Gasteiger partial charge in [-0.3, -0.25) is 0 Å². The monoisotopic (exact) mass is 386 g/mol. The number of esters is 1. The van der Waals surface area contributed by atoms with E-state index in [-0.39, 0.29) is 11.4 Å². The molecule has 0 amide bonds. The summed E-state index contributed by atoms with van der Waals surface area (Å²) in [6.45, 7) is 4.84. The van der Waals surface area contributed by atoms with E-state index in [2.05, 4.69) is 20.2 Å². The number of anilines is 1. The standard InChI is InChI=1S/C20H26N4O4/c1-3-28-18-10-14(4-5-17(18)25)13-24(15-6-8-21-9-7-15)19-12-22-16(11-23-19)20(26)27-2/h4-5,10-12,15,21,25H,3,6-9,13H2,1-2H3. The quantitative estimate of drug-likeness (QED) is 0.699. The molecule has 8 nitrogen and oxygen atoms in total. The van der Waals surface area contributed by atoms with Gasteiger partial charge in [0.15, 0.2) is 17.2 Å². The third kappa shape index (κ3) is 4.69. The van der Waals surface area contributed by atoms with E-state index in [1.165, 1.54) is 13.3 Å². The Balaban J connectivity index is 1.87. The molecule has 0 spiro atoms. The number of carbonyl (C=O) groups excluding carboxylic acids is 1. The molecule has 1 aliphatic rings. The van der Waals surface area contributed by atoms with Gasteiger partial charge in [-0.05, 0) is 50.6 Å². The molecule has 0 radical (unpaired) electrons. The van der Waals surface area contributed by atoms with Crippen molar-refractivity contribution in [1.82, 2.24) is 15.3 Å². The molecule has 1 saturated heterocycles. The molecule has 0 unspecified atom stereocenters. The maximum absolute atomic E-state index is 11.6. The van der Waals surface area contributed by atoms with Gasteiger partial charge in [-0.15, -0.1) is 0 Å². The van der Waals surface area contributed by atoms with E-state index in [1.807, 2.05) is 19.1 Å². The van der Waals surface area contributed by atoms with Crippen LogP contribution < -0.4 is 15.0 Å². The number of phenols is 1. The molecule has 1 aromatic carbocycles. The predicted octanol–water partition coefficient (Wildman–Crippen LogP) is 2.13. The number of piperidine rings is 1. The van der Waals surface area contributed by atoms with E-state index in [1.54, 1.807) is 12.3 Å². The van der Waals surface area contributed by atoms with Crippen molar-refractivity contribution in [2.24, 2.45) is 0 Å². The second kappa shape index (κ2) is 9.36. The number of methoxy groups -OCH3 is 1. The van der Waals surface area contributed by atoms with Crippen molar-refractivity contribution in [2.45, 2.75) is 32.4 Å². The summed E-state index contributed by atoms with van der Waals surface area (Å²) in [5.41, 5.74) is 1.18. The lowest BCUT2D eigenvalue weighted by Gasteiger charge is -2.35. The number of phenolic OH excluding ortho intramolecular Hbond substituents is 1. The molecule has 2 heterocycles. The molecule has 1 aliphatic heterocycles. The Bertz CT molecular complexity index is 791. The molecular formula is C20H26N4O4. The van der Waals surface area contributed by atoms with Gasteiger partial charge >= 0.3 is 5.97 Å². The summed E-state index contributed by atoms with van der Waals surface area (Å²) in [5.74, 6) is 0.788. The zero-order chi connectivity index (χ0) is 19.9. The van der Waals surface area contributed by atoms with Gasteiger partial charge in [0.25, 0.3) is 0 Å². The van der Waals surface area contributed by atoms with Gasteiger partial charge in [0.1, 0.15) is 5.82 Å². The Morgan fingerprint density at radius 2 is 2.07 bits per heavy atom. The number of ether oxygens (including phenoxy) is 2. The first-order valence-corrected chi connectivity index (χ1v) is 9.44. The first-order valence-electron chi connectivity index (χ1n) is 9.44. The topological polar surface area (TPSA) is 96.8 Å². The number of hydrogen-bond acceptors (Lipinski definition) is 8. The Labute approximate surface area is 164 Å². The second-order valence-corrected chi connectivity index (χ2v) is 6.60. The second-order valence-electron chi connectivity index (χ2n) is 6.60. The molecule has 1 aromatic heterocycles. The molecule has 0 bridgehead atoms. The van der Waals surface area contributed by atoms with Crippen LogP contribution in [-0.4, -0.2) is 53.9 Å². The van der Waals surface area contributed by atoms with Gasteiger partial charge in [0, 0.05) is 12.6 Å². The molecule has 150 valence electrons. The molecule has 2 N–H and O–H groups in total. The smallest absolute Gasteiger partial charge is 0.358 e. The van der Waals surface area contributed by atoms with Crippen LogP contribution in [0.25, 0.3) is 0 Å². The summed E-state index contributed by atoms with van der Waals surface area (Å²) in [7, 11) is 1.32. The highest BCUT2D eigenvalue weighted by Crippen LogP contribution is 2.29. The molecule has 0 aliphatic carbocycles. The molecule has 1 fully saturated rings. The largest absolute Gasteiger partial charge is 0.504 e. The Kier molecular flexibility index (Phi) is 6.65. The van der Waals surface area contributed by atoms with Crippen LogP contribution in [0.5, 0.6) is 11.5 Å². The van der Waals surface area contributed by atoms with E-state index in [0.29, 0.717) is 30.8 Å². The number of nitrogens with one attached hydrogen (secondary N) is 1. The first-order chi connectivity index (χ1) is 13.6.